The summed E-state index contributed by atoms with van der Waals surface area (Å²) in [7, 11) is 4.71. The summed E-state index contributed by atoms with van der Waals surface area (Å²) in [5, 5.41) is 0. The lowest BCUT2D eigenvalue weighted by Crippen LogP contribution is -2.67. The van der Waals surface area contributed by atoms with Gasteiger partial charge in [-0.3, -0.25) is 19.6 Å². The van der Waals surface area contributed by atoms with Crippen LogP contribution in [0.15, 0.2) is 85.2 Å². The fraction of sp³-hybridized carbons (Fsp3) is 0.353. The third-order valence-electron chi connectivity index (χ3n) is 8.63. The van der Waals surface area contributed by atoms with Crippen LogP contribution in [0.2, 0.25) is 0 Å². The molecular weight excluding hydrogens is 663 g/mol. The van der Waals surface area contributed by atoms with E-state index in [4.69, 9.17) is 14.2 Å². The molecule has 0 saturated carbocycles. The second-order valence-electron chi connectivity index (χ2n) is 11.2. The van der Waals surface area contributed by atoms with E-state index >= 15 is 0 Å². The van der Waals surface area contributed by atoms with Crippen molar-refractivity contribution < 1.29 is 19.0 Å². The minimum atomic E-state index is 0. The summed E-state index contributed by atoms with van der Waals surface area (Å²) in [6, 6.07) is 25.5. The van der Waals surface area contributed by atoms with Gasteiger partial charge in [-0.15, -0.1) is 37.2 Å². The molecule has 47 heavy (non-hydrogen) atoms. The summed E-state index contributed by atoms with van der Waals surface area (Å²) in [4.78, 5) is 33.6. The molecule has 1 amide bonds. The average Bonchev–Trinajstić information content (AvgIpc) is 3.09. The molecule has 0 bridgehead atoms. The zero-order valence-electron chi connectivity index (χ0n) is 26.6. The van der Waals surface area contributed by atoms with Crippen molar-refractivity contribution in [3.05, 3.63) is 107 Å². The summed E-state index contributed by atoms with van der Waals surface area (Å²) in [6.07, 6.45) is 3.34. The number of benzene rings is 2. The van der Waals surface area contributed by atoms with E-state index in [-0.39, 0.29) is 67.1 Å². The number of hydrogen-bond acceptors (Lipinski definition) is 9. The van der Waals surface area contributed by atoms with Gasteiger partial charge in [-0.25, -0.2) is 0 Å². The average molecular weight is 704 g/mol. The molecule has 2 aliphatic heterocycles. The van der Waals surface area contributed by atoms with Crippen LogP contribution >= 0.6 is 37.2 Å². The zero-order chi connectivity index (χ0) is 30.5. The Labute approximate surface area is 294 Å². The van der Waals surface area contributed by atoms with Crippen LogP contribution in [-0.2, 0) is 6.54 Å². The third-order valence-corrected chi connectivity index (χ3v) is 8.63. The van der Waals surface area contributed by atoms with Crippen molar-refractivity contribution in [3.63, 3.8) is 0 Å². The van der Waals surface area contributed by atoms with E-state index in [1.807, 2.05) is 17.0 Å². The van der Waals surface area contributed by atoms with E-state index in [0.717, 1.165) is 25.2 Å². The van der Waals surface area contributed by atoms with Crippen LogP contribution in [0.3, 0.4) is 0 Å². The first-order chi connectivity index (χ1) is 21.6. The monoisotopic (exact) mass is 702 g/mol. The first-order valence-electron chi connectivity index (χ1n) is 14.9. The van der Waals surface area contributed by atoms with E-state index in [2.05, 4.69) is 85.4 Å². The first kappa shape index (κ1) is 37.8. The molecule has 252 valence electrons. The smallest absolute Gasteiger partial charge is 0.322 e. The molecule has 0 N–H and O–H groups in total. The number of fused-ring (bicyclic) bond motifs is 1. The van der Waals surface area contributed by atoms with Crippen LogP contribution < -0.4 is 14.2 Å². The van der Waals surface area contributed by atoms with Gasteiger partial charge in [-0.05, 0) is 23.3 Å². The van der Waals surface area contributed by atoms with Crippen LogP contribution in [0.25, 0.3) is 0 Å². The molecule has 2 saturated heterocycles. The number of hydrogen-bond donors (Lipinski definition) is 0. The maximum absolute atomic E-state index is 13.5. The Hall–Kier alpha value is -3.67. The highest BCUT2D eigenvalue weighted by atomic mass is 35.5. The molecule has 2 unspecified atom stereocenters. The molecule has 0 spiro atoms. The highest BCUT2D eigenvalue weighted by Crippen LogP contribution is 2.37. The van der Waals surface area contributed by atoms with Gasteiger partial charge in [0.05, 0.1) is 32.5 Å². The van der Waals surface area contributed by atoms with Crippen molar-refractivity contribution in [2.45, 2.75) is 24.5 Å². The number of carbonyl (C=O) groups is 1. The number of pyridine rings is 1. The lowest BCUT2D eigenvalue weighted by atomic mass is 9.81. The molecule has 2 aliphatic rings. The predicted molar refractivity (Wildman–Crippen MR) is 188 cm³/mol. The molecule has 2 fully saturated rings. The lowest BCUT2D eigenvalue weighted by molar-refractivity contribution is -0.0292. The third kappa shape index (κ3) is 8.25. The van der Waals surface area contributed by atoms with Gasteiger partial charge in [0.1, 0.15) is 0 Å². The molecule has 6 rings (SSSR count). The molecule has 4 aromatic rings. The molecule has 4 heterocycles. The Kier molecular flexibility index (Phi) is 14.0. The van der Waals surface area contributed by atoms with Crippen LogP contribution in [0.5, 0.6) is 17.8 Å². The Bertz CT molecular complexity index is 1490. The summed E-state index contributed by atoms with van der Waals surface area (Å²) >= 11 is 0. The molecule has 13 heteroatoms. The lowest BCUT2D eigenvalue weighted by Gasteiger charge is -2.53. The van der Waals surface area contributed by atoms with Gasteiger partial charge in [0.2, 0.25) is 11.8 Å². The first-order valence-corrected chi connectivity index (χ1v) is 14.9. The number of piperazine rings is 2. The Morgan fingerprint density at radius 2 is 1.40 bits per heavy atom. The van der Waals surface area contributed by atoms with E-state index < -0.39 is 0 Å². The maximum atomic E-state index is 13.5. The number of methoxy groups -OCH3 is 3. The highest BCUT2D eigenvalue weighted by Gasteiger charge is 2.43. The van der Waals surface area contributed by atoms with Crippen LogP contribution in [-0.4, -0.2) is 102 Å². The molecule has 2 aromatic carbocycles. The molecule has 2 aromatic heterocycles. The van der Waals surface area contributed by atoms with Crippen LogP contribution in [0.4, 0.5) is 0 Å². The predicted octanol–water partition coefficient (Wildman–Crippen LogP) is 5.01. The second-order valence-corrected chi connectivity index (χ2v) is 11.2. The number of carbonyl (C=O) groups excluding carboxylic acids is 1. The van der Waals surface area contributed by atoms with E-state index in [1.165, 1.54) is 18.2 Å². The number of rotatable bonds is 9. The van der Waals surface area contributed by atoms with Gasteiger partial charge >= 0.3 is 6.01 Å². The van der Waals surface area contributed by atoms with Gasteiger partial charge in [0.15, 0.2) is 0 Å². The standard InChI is InChI=1S/C34H38N6O4.3ClH/c1-42-31-28(32(43-2)37-34(36-31)44-3)22-38-20-27-21-39(33(41)26-15-10-16-35-19-26)17-18-40(27)29(23-38)30(24-11-6-4-7-12-24)25-13-8-5-9-14-25;;;/h4-16,19,27,29-30H,17-18,20-23H2,1-3H3;3*1H. The Morgan fingerprint density at radius 1 is 0.787 bits per heavy atom. The fourth-order valence-electron chi connectivity index (χ4n) is 6.66. The van der Waals surface area contributed by atoms with Crippen molar-refractivity contribution in [2.75, 3.05) is 54.1 Å². The van der Waals surface area contributed by atoms with E-state index in [9.17, 15) is 4.79 Å². The number of nitrogens with zero attached hydrogens (tertiary/aromatic N) is 6. The maximum Gasteiger partial charge on any atom is 0.322 e. The highest BCUT2D eigenvalue weighted by molar-refractivity contribution is 5.94. The Morgan fingerprint density at radius 3 is 1.94 bits per heavy atom. The Balaban J connectivity index is 0.00000200. The van der Waals surface area contributed by atoms with Crippen LogP contribution in [0, 0.1) is 0 Å². The van der Waals surface area contributed by atoms with Crippen molar-refractivity contribution in [2.24, 2.45) is 0 Å². The SMILES string of the molecule is COc1nc(OC)c(CN2CC3CN(C(=O)c4cccnc4)CCN3C(C(c3ccccc3)c3ccccc3)C2)c(OC)n1.Cl.Cl.Cl. The van der Waals surface area contributed by atoms with E-state index in [1.54, 1.807) is 26.6 Å². The van der Waals surface area contributed by atoms with Gasteiger partial charge < -0.3 is 19.1 Å². The minimum absolute atomic E-state index is 0. The van der Waals surface area contributed by atoms with Crippen LogP contribution in [0.1, 0.15) is 33.0 Å². The molecule has 2 atom stereocenters. The molecule has 0 aliphatic carbocycles. The van der Waals surface area contributed by atoms with Crippen molar-refractivity contribution in [1.29, 1.82) is 0 Å². The number of ether oxygens (including phenoxy) is 3. The second kappa shape index (κ2) is 17.5. The van der Waals surface area contributed by atoms with Gasteiger partial charge in [0.25, 0.3) is 5.91 Å². The van der Waals surface area contributed by atoms with E-state index in [0.29, 0.717) is 37.0 Å². The molecule has 10 nitrogen and oxygen atoms in total. The van der Waals surface area contributed by atoms with Crippen molar-refractivity contribution in [3.8, 4) is 17.8 Å². The van der Waals surface area contributed by atoms with Gasteiger partial charge in [-0.2, -0.15) is 9.97 Å². The largest absolute Gasteiger partial charge is 0.481 e. The fourth-order valence-corrected chi connectivity index (χ4v) is 6.66. The summed E-state index contributed by atoms with van der Waals surface area (Å²) < 4.78 is 16.7. The molecule has 0 radical (unpaired) electrons. The minimum Gasteiger partial charge on any atom is -0.481 e. The quantitative estimate of drug-likeness (QED) is 0.239. The topological polar surface area (TPSA) is 93.2 Å². The van der Waals surface area contributed by atoms with Gasteiger partial charge in [-0.1, -0.05) is 60.7 Å². The number of aromatic nitrogens is 3. The summed E-state index contributed by atoms with van der Waals surface area (Å²) in [6.45, 7) is 4.12. The normalized spacial score (nSPS) is 17.7. The number of halogens is 3. The van der Waals surface area contributed by atoms with Crippen molar-refractivity contribution in [1.82, 2.24) is 29.7 Å². The zero-order valence-corrected chi connectivity index (χ0v) is 29.0. The van der Waals surface area contributed by atoms with Gasteiger partial charge in [0, 0.05) is 69.7 Å². The molecular formula is C34H41Cl3N6O4. The summed E-state index contributed by atoms with van der Waals surface area (Å²) in [5.41, 5.74) is 3.90. The number of amides is 1. The summed E-state index contributed by atoms with van der Waals surface area (Å²) in [5.74, 6) is 0.986. The van der Waals surface area contributed by atoms with Crippen molar-refractivity contribution >= 4 is 43.1 Å².